The van der Waals surface area contributed by atoms with Crippen molar-refractivity contribution in [2.75, 3.05) is 0 Å². The van der Waals surface area contributed by atoms with Crippen LogP contribution in [-0.4, -0.2) is 9.13 Å². The maximum Gasteiger partial charge on any atom is 0.137 e. The SMILES string of the molecule is [2H]c1c([2H])c(-c2ccccc2)c([2H])c(-c2ccc3oc4cccc(-n5c6ccccc6c6ccc(-n7c8ccccc8c8c([2H])c([2H])c([2H])c([2H])c87)cc65)c4c3c2)c1[2H]. The number of nitrogens with zero attached hydrogens (tertiary/aromatic N) is 2. The number of hydrogen-bond donors (Lipinski definition) is 0. The number of para-hydroxylation sites is 3. The third kappa shape index (κ3) is 4.19. The third-order valence-electron chi connectivity index (χ3n) is 9.91. The maximum atomic E-state index is 9.30. The van der Waals surface area contributed by atoms with Gasteiger partial charge in [0.05, 0.1) is 44.1 Å². The summed E-state index contributed by atoms with van der Waals surface area (Å²) in [5.41, 5.74) is 7.57. The molecule has 3 heteroatoms. The normalized spacial score (nSPS) is 14.1. The summed E-state index contributed by atoms with van der Waals surface area (Å²) in [4.78, 5) is 0. The molecule has 0 amide bonds. The summed E-state index contributed by atoms with van der Waals surface area (Å²) in [7, 11) is 0. The van der Waals surface area contributed by atoms with Crippen molar-refractivity contribution >= 4 is 65.6 Å². The summed E-state index contributed by atoms with van der Waals surface area (Å²) in [6, 6.07) is 41.2. The Labute approximate surface area is 305 Å². The highest BCUT2D eigenvalue weighted by Gasteiger charge is 2.20. The molecule has 0 aliphatic rings. The molecule has 0 radical (unpaired) electrons. The van der Waals surface area contributed by atoms with E-state index in [0.717, 1.165) is 54.9 Å². The second kappa shape index (κ2) is 10.8. The van der Waals surface area contributed by atoms with Crippen LogP contribution in [0.4, 0.5) is 0 Å². The van der Waals surface area contributed by atoms with Crippen molar-refractivity contribution < 1.29 is 15.4 Å². The van der Waals surface area contributed by atoms with Crippen LogP contribution in [0.3, 0.4) is 0 Å². The molecule has 3 heterocycles. The average molecular weight is 659 g/mol. The van der Waals surface area contributed by atoms with Gasteiger partial charge in [-0.2, -0.15) is 0 Å². The zero-order valence-corrected chi connectivity index (χ0v) is 27.0. The van der Waals surface area contributed by atoms with Gasteiger partial charge in [0, 0.05) is 32.6 Å². The summed E-state index contributed by atoms with van der Waals surface area (Å²) in [5, 5.41) is 4.78. The number of fused-ring (bicyclic) bond motifs is 9. The molecule has 51 heavy (non-hydrogen) atoms. The van der Waals surface area contributed by atoms with E-state index in [-0.39, 0.29) is 53.9 Å². The molecule has 11 aromatic rings. The molecule has 8 aromatic carbocycles. The van der Waals surface area contributed by atoms with Crippen LogP contribution >= 0.6 is 0 Å². The van der Waals surface area contributed by atoms with Gasteiger partial charge in [-0.25, -0.2) is 0 Å². The van der Waals surface area contributed by atoms with Gasteiger partial charge in [-0.05, 0) is 82.9 Å². The molecule has 11 rings (SSSR count). The van der Waals surface area contributed by atoms with Crippen LogP contribution in [0, 0.1) is 0 Å². The van der Waals surface area contributed by atoms with E-state index in [0.29, 0.717) is 38.8 Å². The molecule has 0 saturated carbocycles. The van der Waals surface area contributed by atoms with Crippen LogP contribution in [0.25, 0.3) is 99.2 Å². The van der Waals surface area contributed by atoms with E-state index in [4.69, 9.17) is 14.0 Å². The van der Waals surface area contributed by atoms with Crippen molar-refractivity contribution in [3.05, 3.63) is 182 Å². The Kier molecular flexibility index (Phi) is 4.52. The summed E-state index contributed by atoms with van der Waals surface area (Å²) < 4.78 is 81.3. The first-order valence-electron chi connectivity index (χ1n) is 20.8. The summed E-state index contributed by atoms with van der Waals surface area (Å²) in [6.07, 6.45) is 0. The standard InChI is InChI=1S/C48H30N2O/c1-2-12-31(13-3-1)32-14-10-15-33(28-32)34-24-27-46-40(29-34)48-44(22-11-23-47(48)51-46)50-43-21-9-6-18-38(43)39-26-25-35(30-45(39)50)49-41-19-7-4-16-36(41)37-17-5-8-20-42(37)49/h1-30H/i4D,7D,10D,14D,15D,16D,19D,28D. The Bertz CT molecular complexity index is 3600. The first-order chi connectivity index (χ1) is 28.6. The van der Waals surface area contributed by atoms with Gasteiger partial charge in [0.1, 0.15) is 11.2 Å². The molecule has 0 spiro atoms. The number of rotatable bonds is 4. The van der Waals surface area contributed by atoms with E-state index in [1.165, 1.54) is 0 Å². The highest BCUT2D eigenvalue weighted by atomic mass is 16.3. The van der Waals surface area contributed by atoms with Crippen LogP contribution in [0.1, 0.15) is 11.0 Å². The molecule has 0 aliphatic carbocycles. The Morgan fingerprint density at radius 3 is 2.00 bits per heavy atom. The van der Waals surface area contributed by atoms with Crippen LogP contribution in [0.5, 0.6) is 0 Å². The van der Waals surface area contributed by atoms with Crippen molar-refractivity contribution in [2.45, 2.75) is 0 Å². The number of furan rings is 1. The molecular weight excluding hydrogens is 621 g/mol. The van der Waals surface area contributed by atoms with E-state index in [2.05, 4.69) is 28.8 Å². The molecule has 0 fully saturated rings. The molecule has 0 unspecified atom stereocenters. The van der Waals surface area contributed by atoms with Crippen molar-refractivity contribution in [2.24, 2.45) is 0 Å². The minimum Gasteiger partial charge on any atom is -0.456 e. The third-order valence-corrected chi connectivity index (χ3v) is 9.91. The first kappa shape index (κ1) is 21.3. The Morgan fingerprint density at radius 1 is 0.412 bits per heavy atom. The lowest BCUT2D eigenvalue weighted by atomic mass is 9.98. The molecule has 0 saturated heterocycles. The summed E-state index contributed by atoms with van der Waals surface area (Å²) >= 11 is 0. The van der Waals surface area contributed by atoms with E-state index in [1.807, 2.05) is 108 Å². The lowest BCUT2D eigenvalue weighted by molar-refractivity contribution is 0.669. The van der Waals surface area contributed by atoms with Crippen molar-refractivity contribution in [1.82, 2.24) is 9.13 Å². The van der Waals surface area contributed by atoms with Gasteiger partial charge in [-0.1, -0.05) is 121 Å². The predicted octanol–water partition coefficient (Wildman–Crippen LogP) is 13.1. The number of hydrogen-bond acceptors (Lipinski definition) is 1. The number of benzene rings is 8. The minimum atomic E-state index is -0.291. The van der Waals surface area contributed by atoms with Crippen LogP contribution in [-0.2, 0) is 0 Å². The zero-order chi connectivity index (χ0) is 40.4. The van der Waals surface area contributed by atoms with Crippen LogP contribution in [0.2, 0.25) is 0 Å². The lowest BCUT2D eigenvalue weighted by Crippen LogP contribution is -1.97. The lowest BCUT2D eigenvalue weighted by Gasteiger charge is -2.12. The van der Waals surface area contributed by atoms with Gasteiger partial charge >= 0.3 is 0 Å². The van der Waals surface area contributed by atoms with Gasteiger partial charge in [-0.15, -0.1) is 0 Å². The second-order valence-electron chi connectivity index (χ2n) is 12.7. The van der Waals surface area contributed by atoms with Crippen molar-refractivity contribution in [3.63, 3.8) is 0 Å². The monoisotopic (exact) mass is 658 g/mol. The maximum absolute atomic E-state index is 9.30. The summed E-state index contributed by atoms with van der Waals surface area (Å²) in [5.74, 6) is 0. The van der Waals surface area contributed by atoms with Crippen molar-refractivity contribution in [3.8, 4) is 33.6 Å². The molecule has 0 aliphatic heterocycles. The Morgan fingerprint density at radius 2 is 1.14 bits per heavy atom. The molecule has 0 atom stereocenters. The average Bonchev–Trinajstić information content (AvgIpc) is 3.92. The fourth-order valence-corrected chi connectivity index (χ4v) is 7.68. The highest BCUT2D eigenvalue weighted by molar-refractivity contribution is 6.15. The van der Waals surface area contributed by atoms with Gasteiger partial charge in [0.15, 0.2) is 0 Å². The second-order valence-corrected chi connectivity index (χ2v) is 12.7. The molecule has 0 N–H and O–H groups in total. The molecule has 3 aromatic heterocycles. The number of aromatic nitrogens is 2. The Balaban J connectivity index is 1.20. The topological polar surface area (TPSA) is 23.0 Å². The van der Waals surface area contributed by atoms with Gasteiger partial charge in [0.25, 0.3) is 0 Å². The zero-order valence-electron chi connectivity index (χ0n) is 35.0. The van der Waals surface area contributed by atoms with Crippen LogP contribution in [0.15, 0.2) is 186 Å². The minimum absolute atomic E-state index is 0.0134. The molecule has 238 valence electrons. The van der Waals surface area contributed by atoms with E-state index in [9.17, 15) is 1.37 Å². The van der Waals surface area contributed by atoms with Crippen molar-refractivity contribution in [1.29, 1.82) is 0 Å². The predicted molar refractivity (Wildman–Crippen MR) is 213 cm³/mol. The van der Waals surface area contributed by atoms with E-state index < -0.39 is 0 Å². The smallest absolute Gasteiger partial charge is 0.137 e. The summed E-state index contributed by atoms with van der Waals surface area (Å²) in [6.45, 7) is 0. The van der Waals surface area contributed by atoms with Crippen LogP contribution < -0.4 is 0 Å². The molecule has 3 nitrogen and oxygen atoms in total. The highest BCUT2D eigenvalue weighted by Crippen LogP contribution is 2.41. The largest absolute Gasteiger partial charge is 0.456 e. The van der Waals surface area contributed by atoms with E-state index in [1.54, 1.807) is 6.07 Å². The molecule has 0 bridgehead atoms. The molecular formula is C48H30N2O. The quantitative estimate of drug-likeness (QED) is 0.185. The first-order valence-corrected chi connectivity index (χ1v) is 16.8. The van der Waals surface area contributed by atoms with E-state index >= 15 is 0 Å². The fraction of sp³-hybridized carbons (Fsp3) is 0. The fourth-order valence-electron chi connectivity index (χ4n) is 7.68. The van der Waals surface area contributed by atoms with Gasteiger partial charge in [0.2, 0.25) is 0 Å². The van der Waals surface area contributed by atoms with Gasteiger partial charge in [-0.3, -0.25) is 0 Å². The van der Waals surface area contributed by atoms with Gasteiger partial charge < -0.3 is 13.6 Å². The Hall–Kier alpha value is -6.84.